The van der Waals surface area contributed by atoms with Gasteiger partial charge in [-0.3, -0.25) is 4.68 Å². The summed E-state index contributed by atoms with van der Waals surface area (Å²) in [5.41, 5.74) is 1.59. The summed E-state index contributed by atoms with van der Waals surface area (Å²) in [5, 5.41) is 4.36. The Kier molecular flexibility index (Phi) is 2.89. The number of halogens is 3. The van der Waals surface area contributed by atoms with Gasteiger partial charge in [-0.2, -0.15) is 5.10 Å². The Morgan fingerprint density at radius 3 is 2.78 bits per heavy atom. The summed E-state index contributed by atoms with van der Waals surface area (Å²) in [6, 6.07) is 0.826. The number of aryl methyl sites for hydroxylation is 1. The van der Waals surface area contributed by atoms with E-state index in [0.717, 1.165) is 48.2 Å². The first-order valence-corrected chi connectivity index (χ1v) is 6.52. The molecule has 18 heavy (non-hydrogen) atoms. The molecule has 0 unspecified atom stereocenters. The van der Waals surface area contributed by atoms with Gasteiger partial charge in [0.2, 0.25) is 0 Å². The fraction of sp³-hybridized carbons (Fsp3) is 0.333. The van der Waals surface area contributed by atoms with E-state index in [1.165, 1.54) is 0 Å². The Morgan fingerprint density at radius 2 is 2.06 bits per heavy atom. The van der Waals surface area contributed by atoms with Crippen LogP contribution in [0.1, 0.15) is 18.5 Å². The molecule has 0 N–H and O–H groups in total. The summed E-state index contributed by atoms with van der Waals surface area (Å²) in [7, 11) is 0. The minimum Gasteiger partial charge on any atom is -0.268 e. The molecule has 1 aliphatic heterocycles. The maximum absolute atomic E-state index is 13.7. The predicted molar refractivity (Wildman–Crippen MR) is 66.0 cm³/mol. The molecule has 0 bridgehead atoms. The summed E-state index contributed by atoms with van der Waals surface area (Å²) >= 11 is 3.44. The number of hydrogen-bond acceptors (Lipinski definition) is 2. The van der Waals surface area contributed by atoms with Crippen LogP contribution in [0.3, 0.4) is 0 Å². The number of rotatable bonds is 1. The second kappa shape index (κ2) is 4.42. The average Bonchev–Trinajstić information content (AvgIpc) is 2.68. The lowest BCUT2D eigenvalue weighted by atomic mass is 10.1. The fourth-order valence-electron chi connectivity index (χ4n) is 2.19. The van der Waals surface area contributed by atoms with E-state index in [9.17, 15) is 8.78 Å². The molecule has 0 saturated heterocycles. The van der Waals surface area contributed by atoms with Crippen molar-refractivity contribution in [1.29, 1.82) is 0 Å². The standard InChI is InChI=1S/C12H10BrF2N3/c13-10-9-3-1-2-4-18(9)17-12(10)11-8(15)5-7(14)6-16-11/h5-6H,1-4H2. The molecule has 2 aromatic heterocycles. The van der Waals surface area contributed by atoms with E-state index >= 15 is 0 Å². The van der Waals surface area contributed by atoms with E-state index in [1.54, 1.807) is 0 Å². The molecule has 6 heteroatoms. The minimum absolute atomic E-state index is 0.0881. The Bertz CT molecular complexity index is 610. The molecule has 0 fully saturated rings. The lowest BCUT2D eigenvalue weighted by Gasteiger charge is -2.12. The normalized spacial score (nSPS) is 14.6. The number of fused-ring (bicyclic) bond motifs is 1. The molecule has 3 heterocycles. The third-order valence-electron chi connectivity index (χ3n) is 3.06. The Hall–Kier alpha value is -1.30. The predicted octanol–water partition coefficient (Wildman–Crippen LogP) is 3.32. The lowest BCUT2D eigenvalue weighted by molar-refractivity contribution is 0.485. The second-order valence-electron chi connectivity index (χ2n) is 4.27. The number of pyridine rings is 1. The molecular formula is C12H10BrF2N3. The maximum atomic E-state index is 13.7. The van der Waals surface area contributed by atoms with Crippen molar-refractivity contribution >= 4 is 15.9 Å². The molecule has 0 aromatic carbocycles. The molecule has 0 amide bonds. The summed E-state index contributed by atoms with van der Waals surface area (Å²) in [4.78, 5) is 3.80. The van der Waals surface area contributed by atoms with E-state index in [2.05, 4.69) is 26.0 Å². The Balaban J connectivity index is 2.14. The van der Waals surface area contributed by atoms with Crippen molar-refractivity contribution in [3.8, 4) is 11.4 Å². The molecule has 3 rings (SSSR count). The number of nitrogens with zero attached hydrogens (tertiary/aromatic N) is 3. The second-order valence-corrected chi connectivity index (χ2v) is 5.07. The van der Waals surface area contributed by atoms with Crippen LogP contribution >= 0.6 is 15.9 Å². The Labute approximate surface area is 111 Å². The van der Waals surface area contributed by atoms with Gasteiger partial charge in [-0.15, -0.1) is 0 Å². The van der Waals surface area contributed by atoms with Gasteiger partial charge >= 0.3 is 0 Å². The van der Waals surface area contributed by atoms with E-state index in [4.69, 9.17) is 0 Å². The number of aromatic nitrogens is 3. The zero-order valence-electron chi connectivity index (χ0n) is 9.46. The first-order valence-electron chi connectivity index (χ1n) is 5.73. The van der Waals surface area contributed by atoms with Crippen LogP contribution in [0.2, 0.25) is 0 Å². The van der Waals surface area contributed by atoms with Crippen molar-refractivity contribution < 1.29 is 8.78 Å². The summed E-state index contributed by atoms with van der Waals surface area (Å²) in [6.07, 6.45) is 4.09. The summed E-state index contributed by atoms with van der Waals surface area (Å²) in [6.45, 7) is 0.830. The van der Waals surface area contributed by atoms with Crippen LogP contribution in [0, 0.1) is 11.6 Å². The van der Waals surface area contributed by atoms with Crippen molar-refractivity contribution in [1.82, 2.24) is 14.8 Å². The van der Waals surface area contributed by atoms with Crippen LogP contribution in [-0.4, -0.2) is 14.8 Å². The monoisotopic (exact) mass is 313 g/mol. The molecule has 0 spiro atoms. The Morgan fingerprint density at radius 1 is 1.22 bits per heavy atom. The molecule has 94 valence electrons. The van der Waals surface area contributed by atoms with Crippen LogP contribution in [0.15, 0.2) is 16.7 Å². The molecule has 0 atom stereocenters. The van der Waals surface area contributed by atoms with Crippen LogP contribution in [0.4, 0.5) is 8.78 Å². The fourth-order valence-corrected chi connectivity index (χ4v) is 2.86. The quantitative estimate of drug-likeness (QED) is 0.808. The molecule has 0 saturated carbocycles. The maximum Gasteiger partial charge on any atom is 0.154 e. The number of hydrogen-bond donors (Lipinski definition) is 0. The van der Waals surface area contributed by atoms with E-state index < -0.39 is 11.6 Å². The van der Waals surface area contributed by atoms with Gasteiger partial charge < -0.3 is 0 Å². The van der Waals surface area contributed by atoms with Gasteiger partial charge in [0, 0.05) is 12.6 Å². The molecular weight excluding hydrogens is 304 g/mol. The highest BCUT2D eigenvalue weighted by Crippen LogP contribution is 2.33. The van der Waals surface area contributed by atoms with Gasteiger partial charge in [-0.1, -0.05) is 0 Å². The first kappa shape index (κ1) is 11.8. The van der Waals surface area contributed by atoms with Gasteiger partial charge in [0.25, 0.3) is 0 Å². The topological polar surface area (TPSA) is 30.7 Å². The summed E-state index contributed by atoms with van der Waals surface area (Å²) in [5.74, 6) is -1.37. The van der Waals surface area contributed by atoms with Gasteiger partial charge in [-0.05, 0) is 35.2 Å². The SMILES string of the molecule is Fc1cnc(-c2nn3c(c2Br)CCCC3)c(F)c1. The van der Waals surface area contributed by atoms with Crippen LogP contribution in [0.25, 0.3) is 11.4 Å². The lowest BCUT2D eigenvalue weighted by Crippen LogP contribution is -2.11. The van der Waals surface area contributed by atoms with Crippen LogP contribution in [0.5, 0.6) is 0 Å². The van der Waals surface area contributed by atoms with Crippen molar-refractivity contribution in [2.24, 2.45) is 0 Å². The zero-order chi connectivity index (χ0) is 12.7. The van der Waals surface area contributed by atoms with Gasteiger partial charge in [0.15, 0.2) is 5.82 Å². The van der Waals surface area contributed by atoms with Crippen LogP contribution < -0.4 is 0 Å². The summed E-state index contributed by atoms with van der Waals surface area (Å²) < 4.78 is 29.2. The zero-order valence-corrected chi connectivity index (χ0v) is 11.0. The van der Waals surface area contributed by atoms with E-state index in [-0.39, 0.29) is 5.69 Å². The molecule has 0 aliphatic carbocycles. The van der Waals surface area contributed by atoms with Crippen molar-refractivity contribution in [3.63, 3.8) is 0 Å². The highest BCUT2D eigenvalue weighted by atomic mass is 79.9. The highest BCUT2D eigenvalue weighted by molar-refractivity contribution is 9.10. The van der Waals surface area contributed by atoms with Crippen molar-refractivity contribution in [3.05, 3.63) is 34.1 Å². The van der Waals surface area contributed by atoms with Gasteiger partial charge in [0.1, 0.15) is 17.2 Å². The smallest absolute Gasteiger partial charge is 0.154 e. The van der Waals surface area contributed by atoms with E-state index in [0.29, 0.717) is 5.69 Å². The van der Waals surface area contributed by atoms with Crippen molar-refractivity contribution in [2.75, 3.05) is 0 Å². The highest BCUT2D eigenvalue weighted by Gasteiger charge is 2.22. The molecule has 0 radical (unpaired) electrons. The molecule has 1 aliphatic rings. The van der Waals surface area contributed by atoms with E-state index in [1.807, 2.05) is 4.68 Å². The average molecular weight is 314 g/mol. The van der Waals surface area contributed by atoms with Crippen molar-refractivity contribution in [2.45, 2.75) is 25.8 Å². The molecule has 2 aromatic rings. The third-order valence-corrected chi connectivity index (χ3v) is 3.89. The van der Waals surface area contributed by atoms with Gasteiger partial charge in [-0.25, -0.2) is 13.8 Å². The minimum atomic E-state index is -0.689. The molecule has 3 nitrogen and oxygen atoms in total. The first-order chi connectivity index (χ1) is 8.66. The largest absolute Gasteiger partial charge is 0.268 e. The van der Waals surface area contributed by atoms with Crippen LogP contribution in [-0.2, 0) is 13.0 Å². The third kappa shape index (κ3) is 1.84. The van der Waals surface area contributed by atoms with Gasteiger partial charge in [0.05, 0.1) is 16.4 Å².